The van der Waals surface area contributed by atoms with Gasteiger partial charge in [-0.3, -0.25) is 0 Å². The van der Waals surface area contributed by atoms with E-state index in [9.17, 15) is 0 Å². The van der Waals surface area contributed by atoms with Crippen LogP contribution in [0.1, 0.15) is 38.5 Å². The van der Waals surface area contributed by atoms with Crippen molar-refractivity contribution in [2.24, 2.45) is 17.6 Å². The molecule has 2 aromatic heterocycles. The largest absolute Gasteiger partial charge is 0.381 e. The summed E-state index contributed by atoms with van der Waals surface area (Å²) >= 11 is 8.05. The summed E-state index contributed by atoms with van der Waals surface area (Å²) in [6.07, 6.45) is 8.55. The van der Waals surface area contributed by atoms with E-state index >= 15 is 0 Å². The molecule has 8 heteroatoms. The van der Waals surface area contributed by atoms with Crippen molar-refractivity contribution >= 4 is 33.9 Å². The molecular formula is C21H30ClN5OS. The van der Waals surface area contributed by atoms with Gasteiger partial charge in [0.2, 0.25) is 0 Å². The number of nitrogens with zero attached hydrogens (tertiary/aromatic N) is 2. The Labute approximate surface area is 181 Å². The third-order valence-electron chi connectivity index (χ3n) is 5.98. The van der Waals surface area contributed by atoms with Gasteiger partial charge in [0.25, 0.3) is 0 Å². The predicted molar refractivity (Wildman–Crippen MR) is 121 cm³/mol. The van der Waals surface area contributed by atoms with Crippen molar-refractivity contribution in [1.29, 1.82) is 0 Å². The van der Waals surface area contributed by atoms with E-state index in [0.29, 0.717) is 22.9 Å². The van der Waals surface area contributed by atoms with Gasteiger partial charge >= 0.3 is 0 Å². The maximum atomic E-state index is 6.43. The summed E-state index contributed by atoms with van der Waals surface area (Å²) in [6.45, 7) is 3.60. The van der Waals surface area contributed by atoms with Gasteiger partial charge in [0.1, 0.15) is 5.82 Å². The molecule has 0 bridgehead atoms. The molecule has 0 aromatic carbocycles. The molecule has 0 radical (unpaired) electrons. The summed E-state index contributed by atoms with van der Waals surface area (Å²) < 4.78 is 5.43. The molecule has 158 valence electrons. The van der Waals surface area contributed by atoms with Crippen LogP contribution in [0.15, 0.2) is 17.6 Å². The topological polar surface area (TPSA) is 85.1 Å². The van der Waals surface area contributed by atoms with Crippen molar-refractivity contribution in [1.82, 2.24) is 9.97 Å². The second kappa shape index (κ2) is 10.1. The fourth-order valence-electron chi connectivity index (χ4n) is 4.03. The zero-order valence-electron chi connectivity index (χ0n) is 16.7. The van der Waals surface area contributed by atoms with Crippen LogP contribution in [0, 0.1) is 11.8 Å². The van der Waals surface area contributed by atoms with E-state index in [4.69, 9.17) is 27.1 Å². The zero-order valence-corrected chi connectivity index (χ0v) is 18.3. The minimum absolute atomic E-state index is 0.380. The third kappa shape index (κ3) is 5.81. The number of aromatic nitrogens is 2. The van der Waals surface area contributed by atoms with Gasteiger partial charge in [0.15, 0.2) is 5.13 Å². The Balaban J connectivity index is 1.35. The van der Waals surface area contributed by atoms with E-state index in [-0.39, 0.29) is 0 Å². The molecule has 0 spiro atoms. The molecule has 3 heterocycles. The summed E-state index contributed by atoms with van der Waals surface area (Å²) in [5.41, 5.74) is 7.82. The zero-order chi connectivity index (χ0) is 20.1. The van der Waals surface area contributed by atoms with E-state index < -0.39 is 0 Å². The highest BCUT2D eigenvalue weighted by Crippen LogP contribution is 2.32. The minimum atomic E-state index is 0.380. The van der Waals surface area contributed by atoms with Crippen molar-refractivity contribution in [3.63, 3.8) is 0 Å². The first-order valence-corrected chi connectivity index (χ1v) is 11.9. The van der Waals surface area contributed by atoms with Crippen LogP contribution in [0.25, 0.3) is 11.3 Å². The van der Waals surface area contributed by atoms with Crippen molar-refractivity contribution in [2.45, 2.75) is 44.6 Å². The van der Waals surface area contributed by atoms with Crippen LogP contribution in [0.4, 0.5) is 10.9 Å². The number of hydrogen-bond acceptors (Lipinski definition) is 7. The van der Waals surface area contributed by atoms with E-state index in [0.717, 1.165) is 74.2 Å². The molecule has 4 N–H and O–H groups in total. The Bertz CT molecular complexity index is 787. The number of hydrogen-bond donors (Lipinski definition) is 3. The fourth-order valence-corrected chi connectivity index (χ4v) is 4.95. The third-order valence-corrected chi connectivity index (χ3v) is 7.08. The van der Waals surface area contributed by atoms with Crippen LogP contribution in [0.5, 0.6) is 0 Å². The summed E-state index contributed by atoms with van der Waals surface area (Å²) in [7, 11) is 0. The summed E-state index contributed by atoms with van der Waals surface area (Å²) in [6, 6.07) is 2.39. The Kier molecular flexibility index (Phi) is 7.24. The van der Waals surface area contributed by atoms with Crippen LogP contribution >= 0.6 is 22.9 Å². The SMILES string of the molecule is N[C@H]1CC[C@H](CNc2cc(-c3csc(NCC4CCOCC4)n3)c(Cl)cn2)CC1. The second-order valence-corrected chi connectivity index (χ2v) is 9.45. The fraction of sp³-hybridized carbons (Fsp3) is 0.619. The van der Waals surface area contributed by atoms with Gasteiger partial charge in [-0.15, -0.1) is 11.3 Å². The number of rotatable bonds is 7. The maximum Gasteiger partial charge on any atom is 0.183 e. The van der Waals surface area contributed by atoms with E-state index in [2.05, 4.69) is 21.0 Å². The van der Waals surface area contributed by atoms with E-state index in [1.807, 2.05) is 6.07 Å². The highest BCUT2D eigenvalue weighted by Gasteiger charge is 2.19. The number of thiazole rings is 1. The molecule has 1 saturated heterocycles. The normalized spacial score (nSPS) is 23.1. The smallest absolute Gasteiger partial charge is 0.183 e. The Morgan fingerprint density at radius 3 is 2.59 bits per heavy atom. The number of nitrogens with one attached hydrogen (secondary N) is 2. The molecule has 6 nitrogen and oxygen atoms in total. The summed E-state index contributed by atoms with van der Waals surface area (Å²) in [5, 5.41) is 10.6. The number of anilines is 2. The molecule has 2 aliphatic rings. The maximum absolute atomic E-state index is 6.43. The molecule has 0 atom stereocenters. The van der Waals surface area contributed by atoms with Gasteiger partial charge in [-0.05, 0) is 56.4 Å². The lowest BCUT2D eigenvalue weighted by Gasteiger charge is -2.26. The van der Waals surface area contributed by atoms with Gasteiger partial charge in [0.05, 0.1) is 10.7 Å². The standard InChI is InChI=1S/C21H30ClN5OS/c22-18-12-25-20(24-10-14-1-3-16(23)4-2-14)9-17(18)19-13-29-21(27-19)26-11-15-5-7-28-8-6-15/h9,12-16H,1-8,10-11,23H2,(H,24,25)(H,26,27)/t14-,16-. The quantitative estimate of drug-likeness (QED) is 0.588. The molecule has 29 heavy (non-hydrogen) atoms. The van der Waals surface area contributed by atoms with Crippen molar-refractivity contribution < 1.29 is 4.74 Å². The molecule has 1 saturated carbocycles. The first kappa shape index (κ1) is 20.8. The monoisotopic (exact) mass is 435 g/mol. The van der Waals surface area contributed by atoms with Crippen molar-refractivity contribution in [3.05, 3.63) is 22.7 Å². The van der Waals surface area contributed by atoms with Gasteiger partial charge in [0, 0.05) is 49.5 Å². The molecule has 1 aliphatic carbocycles. The number of ether oxygens (including phenoxy) is 1. The Morgan fingerprint density at radius 1 is 1.07 bits per heavy atom. The van der Waals surface area contributed by atoms with E-state index in [1.165, 1.54) is 12.8 Å². The van der Waals surface area contributed by atoms with Crippen LogP contribution in [-0.2, 0) is 4.74 Å². The van der Waals surface area contributed by atoms with Gasteiger partial charge in [-0.1, -0.05) is 11.6 Å². The van der Waals surface area contributed by atoms with Crippen LogP contribution in [0.3, 0.4) is 0 Å². The molecule has 0 amide bonds. The lowest BCUT2D eigenvalue weighted by molar-refractivity contribution is 0.0699. The van der Waals surface area contributed by atoms with Gasteiger partial charge < -0.3 is 21.1 Å². The average Bonchev–Trinajstić information content (AvgIpc) is 3.22. The lowest BCUT2D eigenvalue weighted by Crippen LogP contribution is -2.29. The average molecular weight is 436 g/mol. The molecule has 0 unspecified atom stereocenters. The van der Waals surface area contributed by atoms with Gasteiger partial charge in [-0.2, -0.15) is 0 Å². The first-order chi connectivity index (χ1) is 14.2. The molecule has 1 aliphatic heterocycles. The Hall–Kier alpha value is -1.41. The second-order valence-electron chi connectivity index (χ2n) is 8.19. The molecule has 2 fully saturated rings. The van der Waals surface area contributed by atoms with Crippen molar-refractivity contribution in [2.75, 3.05) is 36.9 Å². The highest BCUT2D eigenvalue weighted by molar-refractivity contribution is 7.14. The summed E-state index contributed by atoms with van der Waals surface area (Å²) in [4.78, 5) is 9.20. The number of halogens is 1. The molecular weight excluding hydrogens is 406 g/mol. The highest BCUT2D eigenvalue weighted by atomic mass is 35.5. The minimum Gasteiger partial charge on any atom is -0.381 e. The Morgan fingerprint density at radius 2 is 1.79 bits per heavy atom. The van der Waals surface area contributed by atoms with E-state index in [1.54, 1.807) is 17.5 Å². The molecule has 2 aromatic rings. The lowest BCUT2D eigenvalue weighted by atomic mass is 9.86. The van der Waals surface area contributed by atoms with Crippen LogP contribution < -0.4 is 16.4 Å². The number of pyridine rings is 1. The molecule has 4 rings (SSSR count). The van der Waals surface area contributed by atoms with Crippen LogP contribution in [0.2, 0.25) is 5.02 Å². The summed E-state index contributed by atoms with van der Waals surface area (Å²) in [5.74, 6) is 2.17. The van der Waals surface area contributed by atoms with Crippen molar-refractivity contribution in [3.8, 4) is 11.3 Å². The number of nitrogens with two attached hydrogens (primary N) is 1. The predicted octanol–water partition coefficient (Wildman–Crippen LogP) is 4.63. The van der Waals surface area contributed by atoms with Gasteiger partial charge in [-0.25, -0.2) is 9.97 Å². The van der Waals surface area contributed by atoms with Crippen LogP contribution in [-0.4, -0.2) is 42.3 Å². The first-order valence-electron chi connectivity index (χ1n) is 10.6.